The van der Waals surface area contributed by atoms with Gasteiger partial charge in [-0.15, -0.1) is 23.5 Å². The molecule has 4 heterocycles. The molecule has 1 saturated heterocycles. The molecule has 0 radical (unpaired) electrons. The van der Waals surface area contributed by atoms with Crippen molar-refractivity contribution in [1.82, 2.24) is 35.6 Å². The smallest absolute Gasteiger partial charge is 0.311 e. The van der Waals surface area contributed by atoms with E-state index in [-0.39, 0.29) is 42.9 Å². The number of aliphatic imine (C=N–C) groups is 2. The third-order valence-corrected chi connectivity index (χ3v) is 17.3. The van der Waals surface area contributed by atoms with E-state index in [1.165, 1.54) is 61.3 Å². The molecule has 7 amide bonds. The van der Waals surface area contributed by atoms with E-state index in [9.17, 15) is 43.5 Å². The van der Waals surface area contributed by atoms with Gasteiger partial charge in [0, 0.05) is 51.7 Å². The Morgan fingerprint density at radius 3 is 1.86 bits per heavy atom. The van der Waals surface area contributed by atoms with Gasteiger partial charge in [0.1, 0.15) is 36.3 Å². The molecule has 1 fully saturated rings. The monoisotopic (exact) mass is 1100 g/mol. The van der Waals surface area contributed by atoms with Crippen LogP contribution in [0.3, 0.4) is 0 Å². The highest BCUT2D eigenvalue weighted by atomic mass is 32.2. The van der Waals surface area contributed by atoms with Crippen LogP contribution >= 0.6 is 23.5 Å². The van der Waals surface area contributed by atoms with Gasteiger partial charge >= 0.3 is 5.97 Å². The second-order valence-corrected chi connectivity index (χ2v) is 23.6. The number of fused-ring (bicyclic) bond motifs is 3. The minimum absolute atomic E-state index is 0.0397. The fourth-order valence-corrected chi connectivity index (χ4v) is 12.6. The number of benzene rings is 2. The third-order valence-electron chi connectivity index (χ3n) is 15.0. The highest BCUT2D eigenvalue weighted by molar-refractivity contribution is 8.14. The molecule has 2 aromatic rings. The van der Waals surface area contributed by atoms with Crippen LogP contribution < -0.4 is 16.0 Å². The molecule has 1 unspecified atom stereocenters. The summed E-state index contributed by atoms with van der Waals surface area (Å²) in [6.45, 7) is 14.0. The van der Waals surface area contributed by atoms with Gasteiger partial charge in [0.25, 0.3) is 5.91 Å². The maximum absolute atomic E-state index is 15.0. The van der Waals surface area contributed by atoms with Gasteiger partial charge < -0.3 is 45.4 Å². The number of cyclic esters (lactones) is 1. The number of carbonyl (C=O) groups is 8. The van der Waals surface area contributed by atoms with E-state index in [1.54, 1.807) is 48.0 Å². The van der Waals surface area contributed by atoms with E-state index in [2.05, 4.69) is 16.0 Å². The predicted molar refractivity (Wildman–Crippen MR) is 299 cm³/mol. The number of esters is 1. The average molecular weight is 1100 g/mol. The van der Waals surface area contributed by atoms with E-state index < -0.39 is 114 Å². The van der Waals surface area contributed by atoms with Gasteiger partial charge in [0.2, 0.25) is 35.4 Å². The second-order valence-electron chi connectivity index (χ2n) is 21.6. The van der Waals surface area contributed by atoms with Crippen molar-refractivity contribution >= 4 is 80.9 Å². The van der Waals surface area contributed by atoms with E-state index in [1.807, 2.05) is 71.0 Å². The Hall–Kier alpha value is -5.80. The zero-order valence-electron chi connectivity index (χ0n) is 46.3. The zero-order chi connectivity index (χ0) is 56.4. The van der Waals surface area contributed by atoms with Crippen molar-refractivity contribution in [3.63, 3.8) is 0 Å². The normalized spacial score (nSPS) is 29.6. The summed E-state index contributed by atoms with van der Waals surface area (Å²) in [6, 6.07) is 10.4. The summed E-state index contributed by atoms with van der Waals surface area (Å²) in [5.74, 6) is -5.45. The Labute approximate surface area is 461 Å². The van der Waals surface area contributed by atoms with E-state index >= 15 is 0 Å². The van der Waals surface area contributed by atoms with E-state index in [4.69, 9.17) is 14.7 Å². The number of amides is 7. The maximum Gasteiger partial charge on any atom is 0.311 e. The van der Waals surface area contributed by atoms with Crippen LogP contribution in [0.5, 0.6) is 0 Å². The lowest BCUT2D eigenvalue weighted by Crippen LogP contribution is -2.59. The number of ether oxygens (including phenoxy) is 1. The molecule has 77 heavy (non-hydrogen) atoms. The molecule has 4 aliphatic heterocycles. The van der Waals surface area contributed by atoms with Gasteiger partial charge in [-0.3, -0.25) is 48.3 Å². The van der Waals surface area contributed by atoms with Gasteiger partial charge in [-0.2, -0.15) is 0 Å². The van der Waals surface area contributed by atoms with Crippen LogP contribution in [0.25, 0.3) is 0 Å². The van der Waals surface area contributed by atoms with Crippen molar-refractivity contribution in [2.75, 3.05) is 39.2 Å². The SMILES string of the molecule is CC[C@H]1NC(=O)[C@@H]2CSC(=N2)[C@@H](Cc2ccccc2)N(C)C(=O)[C@@H]2CCCN2C(=O)[C@H](C(C)C)N(C)C(=O)[C@H](Cc2ccccc2)OC(=O)[C@H](C)[C@@H](C)NC(=O)[C@@H](C(C)O)NC(=O)[C@@H](CC(C)C)N(C)C(=O)[C@@H]2CSC1=N2. The first-order valence-electron chi connectivity index (χ1n) is 26.9. The topological polar surface area (TPSA) is 240 Å². The lowest BCUT2D eigenvalue weighted by atomic mass is 9.98. The highest BCUT2D eigenvalue weighted by Crippen LogP contribution is 2.31. The Bertz CT molecular complexity index is 2510. The first-order chi connectivity index (χ1) is 36.5. The predicted octanol–water partition coefficient (Wildman–Crippen LogP) is 3.50. The van der Waals surface area contributed by atoms with Crippen LogP contribution in [0.4, 0.5) is 0 Å². The summed E-state index contributed by atoms with van der Waals surface area (Å²) in [4.78, 5) is 131. The van der Waals surface area contributed by atoms with Gasteiger partial charge in [0.15, 0.2) is 6.10 Å². The number of hydrogen-bond donors (Lipinski definition) is 4. The summed E-state index contributed by atoms with van der Waals surface area (Å²) < 4.78 is 6.06. The molecule has 420 valence electrons. The first-order valence-corrected chi connectivity index (χ1v) is 28.9. The number of aliphatic hydroxyl groups is 1. The largest absolute Gasteiger partial charge is 0.452 e. The highest BCUT2D eigenvalue weighted by Gasteiger charge is 2.46. The van der Waals surface area contributed by atoms with Gasteiger partial charge in [-0.25, -0.2) is 0 Å². The molecule has 4 N–H and O–H groups in total. The number of hydrogen-bond acceptors (Lipinski definition) is 14. The molecular formula is C56H79N9O10S2. The van der Waals surface area contributed by atoms with Crippen molar-refractivity contribution in [3.8, 4) is 0 Å². The molecular weight excluding hydrogens is 1020 g/mol. The Morgan fingerprint density at radius 1 is 0.675 bits per heavy atom. The summed E-state index contributed by atoms with van der Waals surface area (Å²) >= 11 is 2.75. The number of carbonyl (C=O) groups excluding carboxylic acids is 8. The van der Waals surface area contributed by atoms with Crippen molar-refractivity contribution in [2.45, 2.75) is 160 Å². The molecule has 2 aromatic carbocycles. The molecule has 6 rings (SSSR count). The van der Waals surface area contributed by atoms with Crippen LogP contribution in [0, 0.1) is 17.8 Å². The second kappa shape index (κ2) is 27.2. The number of thioether (sulfide) groups is 2. The molecule has 12 atom stereocenters. The molecule has 21 heteroatoms. The summed E-state index contributed by atoms with van der Waals surface area (Å²) in [5, 5.41) is 20.6. The van der Waals surface area contributed by atoms with Crippen molar-refractivity contribution in [2.24, 2.45) is 27.7 Å². The van der Waals surface area contributed by atoms with Crippen molar-refractivity contribution in [3.05, 3.63) is 71.8 Å². The number of nitrogens with zero attached hydrogens (tertiary/aromatic N) is 6. The van der Waals surface area contributed by atoms with Gasteiger partial charge in [-0.1, -0.05) is 95.3 Å². The first kappa shape index (κ1) is 60.4. The molecule has 0 aliphatic carbocycles. The number of nitrogens with one attached hydrogen (secondary N) is 3. The molecule has 4 aliphatic rings. The van der Waals surface area contributed by atoms with E-state index in [0.29, 0.717) is 47.1 Å². The van der Waals surface area contributed by atoms with Crippen LogP contribution in [-0.4, -0.2) is 188 Å². The lowest BCUT2D eigenvalue weighted by Gasteiger charge is -2.38. The minimum Gasteiger partial charge on any atom is -0.452 e. The van der Waals surface area contributed by atoms with Gasteiger partial charge in [-0.05, 0) is 75.8 Å². The molecule has 0 aromatic heterocycles. The van der Waals surface area contributed by atoms with Crippen LogP contribution in [0.15, 0.2) is 70.6 Å². The van der Waals surface area contributed by atoms with Crippen molar-refractivity contribution < 1.29 is 48.2 Å². The minimum atomic E-state index is -1.50. The standard InChI is InChI=1S/C56H79N9O10S2/c1-12-38-50-60-40(30-76-50)52(70)62(9)42(26-31(2)3)48(68)61-45(35(8)66)49(69)57-34(7)33(6)56(74)75-44(28-37-22-17-14-18-23-37)54(72)64(11)46(32(4)5)55(73)65-25-19-24-41(65)53(71)63(10)43(27-36-20-15-13-16-21-36)51-59-39(29-77-51)47(67)58-38/h13-18,20-23,31-35,38-46,66H,12,19,24-30H2,1-11H3,(H,57,69)(H,58,67)(H,61,68)/t33-,34-,35?,38-,39+,40+,41+,42-,43-,44+,45-,46+/m1/s1. The van der Waals surface area contributed by atoms with Crippen LogP contribution in [0.1, 0.15) is 92.2 Å². The number of rotatable bonds is 9. The van der Waals surface area contributed by atoms with Gasteiger partial charge in [0.05, 0.1) is 34.2 Å². The molecule has 19 nitrogen and oxygen atoms in total. The third kappa shape index (κ3) is 14.9. The molecule has 0 spiro atoms. The zero-order valence-corrected chi connectivity index (χ0v) is 48.0. The van der Waals surface area contributed by atoms with E-state index in [0.717, 1.165) is 5.56 Å². The summed E-state index contributed by atoms with van der Waals surface area (Å²) in [6.07, 6.45) is -0.871. The summed E-state index contributed by atoms with van der Waals surface area (Å²) in [5.41, 5.74) is 1.62. The average Bonchev–Trinajstić information content (AvgIpc) is 4.23. The molecule has 4 bridgehead atoms. The van der Waals surface area contributed by atoms with Crippen LogP contribution in [-0.2, 0) is 55.9 Å². The Balaban J connectivity index is 1.38. The number of aliphatic hydroxyl groups excluding tert-OH is 1. The maximum atomic E-state index is 15.0. The van der Waals surface area contributed by atoms with Crippen molar-refractivity contribution in [1.29, 1.82) is 0 Å². The fraction of sp³-hybridized carbons (Fsp3) is 0.607. The number of likely N-dealkylation sites (N-methyl/N-ethyl adjacent to an activating group) is 3. The fourth-order valence-electron chi connectivity index (χ4n) is 10.2. The summed E-state index contributed by atoms with van der Waals surface area (Å²) in [7, 11) is 4.70. The lowest BCUT2D eigenvalue weighted by molar-refractivity contribution is -0.166. The Kier molecular flexibility index (Phi) is 21.3. The quantitative estimate of drug-likeness (QED) is 0.264. The molecule has 0 saturated carbocycles. The Morgan fingerprint density at radius 2 is 1.26 bits per heavy atom. The van der Waals surface area contributed by atoms with Crippen LogP contribution in [0.2, 0.25) is 0 Å².